The van der Waals surface area contributed by atoms with Crippen LogP contribution in [-0.4, -0.2) is 0 Å². The van der Waals surface area contributed by atoms with Crippen LogP contribution in [0, 0.1) is 10.2 Å². The molecule has 3 rings (SSSR count). The van der Waals surface area contributed by atoms with Crippen LogP contribution < -0.4 is 39.7 Å². The number of anilines is 1. The van der Waals surface area contributed by atoms with Gasteiger partial charge in [-0.2, -0.15) is 0 Å². The SMILES string of the molecule is C1=CNc2c3c(ccc2=C1)=CC=C[NH2+]3.[O-][Cl+3]([O-])([O-])[O-]. The number of benzene rings is 1. The van der Waals surface area contributed by atoms with E-state index in [2.05, 4.69) is 47.2 Å². The Morgan fingerprint density at radius 3 is 2.32 bits per heavy atom. The zero-order valence-electron chi connectivity index (χ0n) is 9.71. The lowest BCUT2D eigenvalue weighted by atomic mass is 10.1. The summed E-state index contributed by atoms with van der Waals surface area (Å²) < 4.78 is 34.0. The molecule has 2 aliphatic rings. The zero-order chi connectivity index (χ0) is 13.9. The Hall–Kier alpha value is -1.67. The minimum Gasteiger partial charge on any atom is -0.356 e. The van der Waals surface area contributed by atoms with Gasteiger partial charge in [0, 0.05) is 16.6 Å². The molecule has 0 unspecified atom stereocenters. The van der Waals surface area contributed by atoms with Gasteiger partial charge in [-0.05, 0) is 24.3 Å². The third-order valence-electron chi connectivity index (χ3n) is 2.56. The normalized spacial score (nSPS) is 14.9. The standard InChI is InChI=1S/C12H10N2.ClHO4/c1-3-9-5-6-10-4-2-8-14-12(10)11(9)13-7-1;2-1(3,4)5/h1-8,13-14H;(H,2,3,4,5). The lowest BCUT2D eigenvalue weighted by Gasteiger charge is -2.17. The van der Waals surface area contributed by atoms with Crippen LogP contribution in [0.3, 0.4) is 0 Å². The summed E-state index contributed by atoms with van der Waals surface area (Å²) in [6.07, 6.45) is 12.4. The summed E-state index contributed by atoms with van der Waals surface area (Å²) >= 11 is 0. The van der Waals surface area contributed by atoms with Gasteiger partial charge in [-0.25, -0.2) is 18.6 Å². The molecule has 100 valence electrons. The van der Waals surface area contributed by atoms with E-state index in [1.807, 2.05) is 12.3 Å². The first-order chi connectivity index (χ1) is 8.95. The van der Waals surface area contributed by atoms with Crippen LogP contribution in [0.4, 0.5) is 11.4 Å². The molecule has 0 atom stereocenters. The third-order valence-corrected chi connectivity index (χ3v) is 2.56. The Labute approximate surface area is 111 Å². The van der Waals surface area contributed by atoms with Crippen molar-refractivity contribution in [3.63, 3.8) is 0 Å². The molecule has 3 N–H and O–H groups in total. The molecule has 1 aromatic carbocycles. The monoisotopic (exact) mass is 282 g/mol. The number of hydrogen-bond acceptors (Lipinski definition) is 5. The number of quaternary nitrogens is 1. The van der Waals surface area contributed by atoms with Gasteiger partial charge in [-0.1, -0.05) is 12.1 Å². The van der Waals surface area contributed by atoms with Gasteiger partial charge in [-0.15, -0.1) is 10.2 Å². The summed E-state index contributed by atoms with van der Waals surface area (Å²) in [4.78, 5) is 0. The fourth-order valence-corrected chi connectivity index (χ4v) is 1.87. The summed E-state index contributed by atoms with van der Waals surface area (Å²) in [7, 11) is -4.94. The smallest absolute Gasteiger partial charge is 0.165 e. The number of halogens is 1. The van der Waals surface area contributed by atoms with Gasteiger partial charge in [0.05, 0.1) is 6.20 Å². The van der Waals surface area contributed by atoms with E-state index in [1.165, 1.54) is 21.8 Å². The van der Waals surface area contributed by atoms with Crippen molar-refractivity contribution in [1.82, 2.24) is 0 Å². The summed E-state index contributed by atoms with van der Waals surface area (Å²) in [6, 6.07) is 4.31. The molecule has 1 aromatic rings. The van der Waals surface area contributed by atoms with E-state index >= 15 is 0 Å². The van der Waals surface area contributed by atoms with Crippen LogP contribution in [0.25, 0.3) is 12.2 Å². The minimum atomic E-state index is -4.94. The van der Waals surface area contributed by atoms with Crippen LogP contribution in [0.15, 0.2) is 36.7 Å². The van der Waals surface area contributed by atoms with Crippen LogP contribution in [-0.2, 0) is 0 Å². The average molecular weight is 283 g/mol. The maximum absolute atomic E-state index is 8.49. The largest absolute Gasteiger partial charge is 0.356 e. The zero-order valence-corrected chi connectivity index (χ0v) is 10.5. The molecule has 0 radical (unpaired) electrons. The van der Waals surface area contributed by atoms with Gasteiger partial charge in [0.25, 0.3) is 0 Å². The highest BCUT2D eigenvalue weighted by Crippen LogP contribution is 2.09. The number of nitrogens with one attached hydrogen (secondary N) is 1. The lowest BCUT2D eigenvalue weighted by Crippen LogP contribution is -2.74. The van der Waals surface area contributed by atoms with E-state index in [4.69, 9.17) is 18.6 Å². The van der Waals surface area contributed by atoms with Crippen molar-refractivity contribution in [1.29, 1.82) is 0 Å². The number of rotatable bonds is 0. The summed E-state index contributed by atoms with van der Waals surface area (Å²) in [5.74, 6) is 0. The van der Waals surface area contributed by atoms with Gasteiger partial charge >= 0.3 is 0 Å². The molecule has 2 heterocycles. The molecule has 7 heteroatoms. The minimum absolute atomic E-state index is 1.21. The predicted molar refractivity (Wildman–Crippen MR) is 58.1 cm³/mol. The number of fused-ring (bicyclic) bond motifs is 3. The molecule has 0 saturated carbocycles. The van der Waals surface area contributed by atoms with Crippen molar-refractivity contribution in [3.8, 4) is 0 Å². The van der Waals surface area contributed by atoms with Crippen LogP contribution >= 0.6 is 0 Å². The number of nitrogens with two attached hydrogens (primary N) is 1. The van der Waals surface area contributed by atoms with E-state index in [1.54, 1.807) is 0 Å². The predicted octanol–water partition coefficient (Wildman–Crippen LogP) is -4.85. The van der Waals surface area contributed by atoms with E-state index in [0.717, 1.165) is 0 Å². The molecule has 0 saturated heterocycles. The number of allylic oxidation sites excluding steroid dienone is 2. The Morgan fingerprint density at radius 2 is 1.58 bits per heavy atom. The maximum atomic E-state index is 8.49. The second-order valence-electron chi connectivity index (χ2n) is 3.80. The van der Waals surface area contributed by atoms with Crippen LogP contribution in [0.5, 0.6) is 0 Å². The van der Waals surface area contributed by atoms with Crippen molar-refractivity contribution >= 4 is 23.5 Å². The first-order valence-electron chi connectivity index (χ1n) is 5.35. The second-order valence-corrected chi connectivity index (χ2v) is 4.55. The fourth-order valence-electron chi connectivity index (χ4n) is 1.87. The van der Waals surface area contributed by atoms with E-state index in [0.29, 0.717) is 0 Å². The quantitative estimate of drug-likeness (QED) is 0.462. The third kappa shape index (κ3) is 3.90. The van der Waals surface area contributed by atoms with Crippen molar-refractivity contribution in [3.05, 3.63) is 47.1 Å². The molecule has 0 fully saturated rings. The Bertz CT molecular complexity index is 590. The molecule has 2 aliphatic heterocycles. The van der Waals surface area contributed by atoms with Gasteiger partial charge in [0.1, 0.15) is 5.69 Å². The van der Waals surface area contributed by atoms with Gasteiger partial charge in [-0.3, -0.25) is 5.32 Å². The molecule has 0 spiro atoms. The number of hydrogen-bond donors (Lipinski definition) is 2. The van der Waals surface area contributed by atoms with Crippen molar-refractivity contribution in [2.24, 2.45) is 0 Å². The van der Waals surface area contributed by atoms with Gasteiger partial charge in [0.15, 0.2) is 5.69 Å². The summed E-state index contributed by atoms with van der Waals surface area (Å²) in [6.45, 7) is 0. The maximum Gasteiger partial charge on any atom is 0.165 e. The molecule has 0 bridgehead atoms. The molecule has 0 aromatic heterocycles. The fraction of sp³-hybridized carbons (Fsp3) is 0. The summed E-state index contributed by atoms with van der Waals surface area (Å²) in [5, 5.41) is 7.98. The van der Waals surface area contributed by atoms with E-state index in [-0.39, 0.29) is 0 Å². The van der Waals surface area contributed by atoms with Crippen molar-refractivity contribution < 1.29 is 34.2 Å². The molecule has 0 aliphatic carbocycles. The highest BCUT2D eigenvalue weighted by atomic mass is 35.7. The Morgan fingerprint density at radius 1 is 0.947 bits per heavy atom. The Balaban J connectivity index is 0.000000232. The van der Waals surface area contributed by atoms with Crippen molar-refractivity contribution in [2.45, 2.75) is 0 Å². The topological polar surface area (TPSA) is 121 Å². The highest BCUT2D eigenvalue weighted by Gasteiger charge is 2.10. The first-order valence-corrected chi connectivity index (χ1v) is 6.58. The Kier molecular flexibility index (Phi) is 4.01. The van der Waals surface area contributed by atoms with Gasteiger partial charge in [0.2, 0.25) is 0 Å². The summed E-state index contributed by atoms with van der Waals surface area (Å²) in [5.41, 5.74) is 2.50. The van der Waals surface area contributed by atoms with Gasteiger partial charge < -0.3 is 5.32 Å². The molecular weight excluding hydrogens is 272 g/mol. The van der Waals surface area contributed by atoms with E-state index < -0.39 is 10.2 Å². The van der Waals surface area contributed by atoms with Crippen LogP contribution in [0.1, 0.15) is 0 Å². The molecule has 0 amide bonds. The van der Waals surface area contributed by atoms with Crippen LogP contribution in [0.2, 0.25) is 0 Å². The first kappa shape index (κ1) is 13.8. The lowest BCUT2D eigenvalue weighted by molar-refractivity contribution is -2.00. The van der Waals surface area contributed by atoms with Crippen molar-refractivity contribution in [2.75, 3.05) is 5.32 Å². The van der Waals surface area contributed by atoms with E-state index in [9.17, 15) is 0 Å². The average Bonchev–Trinajstić information content (AvgIpc) is 2.37. The molecular formula is C12H11ClN2O4. The molecule has 19 heavy (non-hydrogen) atoms. The second kappa shape index (κ2) is 5.54. The molecule has 6 nitrogen and oxygen atoms in total. The highest BCUT2D eigenvalue weighted by molar-refractivity contribution is 5.71.